The van der Waals surface area contributed by atoms with E-state index in [9.17, 15) is 14.7 Å². The molecule has 4 aromatic carbocycles. The fourth-order valence-electron chi connectivity index (χ4n) is 5.09. The molecule has 5 heteroatoms. The number of aryl methyl sites for hydroxylation is 3. The number of carbonyl (C=O) groups is 2. The Morgan fingerprint density at radius 3 is 1.51 bits per heavy atom. The third-order valence-electron chi connectivity index (χ3n) is 6.82. The predicted molar refractivity (Wildman–Crippen MR) is 152 cm³/mol. The molecule has 0 aromatic heterocycles. The van der Waals surface area contributed by atoms with Gasteiger partial charge in [0.05, 0.1) is 0 Å². The monoisotopic (exact) mass is 512 g/mol. The molecule has 0 spiro atoms. The summed E-state index contributed by atoms with van der Waals surface area (Å²) in [6, 6.07) is 34.8. The molecule has 1 N–H and O–H groups in total. The van der Waals surface area contributed by atoms with Crippen molar-refractivity contribution < 1.29 is 19.2 Å². The van der Waals surface area contributed by atoms with Crippen LogP contribution in [0.15, 0.2) is 103 Å². The predicted octanol–water partition coefficient (Wildman–Crippen LogP) is 5.96. The van der Waals surface area contributed by atoms with Gasteiger partial charge in [-0.3, -0.25) is 0 Å². The Morgan fingerprint density at radius 1 is 0.649 bits per heavy atom. The van der Waals surface area contributed by atoms with Gasteiger partial charge < -0.3 is 0 Å². The van der Waals surface area contributed by atoms with Gasteiger partial charge in [-0.25, -0.2) is 0 Å². The van der Waals surface area contributed by atoms with E-state index in [0.717, 1.165) is 38.2 Å². The van der Waals surface area contributed by atoms with Crippen LogP contribution in [0.1, 0.15) is 35.1 Å². The zero-order valence-corrected chi connectivity index (χ0v) is 22.4. The van der Waals surface area contributed by atoms with Crippen molar-refractivity contribution in [3.63, 3.8) is 0 Å². The van der Waals surface area contributed by atoms with E-state index in [4.69, 9.17) is 4.52 Å². The molecule has 0 heterocycles. The quantitative estimate of drug-likeness (QED) is 0.281. The standard InChI is InChI=1S/C32H33O4P/c1-24-10-7-15-28(20-24)37(23-27-13-5-4-6-14-27,29-16-8-11-25(2)21-29,30-17-9-12-26(3)22-30)36-32(35)19-18-31(33)34/h4-17,20-22H,18-19,23H2,1-3H3,(H,33,34). The molecule has 0 bridgehead atoms. The van der Waals surface area contributed by atoms with Gasteiger partial charge in [-0.1, -0.05) is 0 Å². The van der Waals surface area contributed by atoms with Crippen LogP contribution in [0.3, 0.4) is 0 Å². The first-order chi connectivity index (χ1) is 17.7. The molecule has 4 rings (SSSR count). The van der Waals surface area contributed by atoms with Gasteiger partial charge in [0.25, 0.3) is 0 Å². The average molecular weight is 513 g/mol. The van der Waals surface area contributed by atoms with Crippen molar-refractivity contribution in [2.45, 2.75) is 39.8 Å². The molecular weight excluding hydrogens is 479 g/mol. The normalized spacial score (nSPS) is 12.4. The zero-order valence-electron chi connectivity index (χ0n) is 21.6. The molecule has 0 aliphatic rings. The van der Waals surface area contributed by atoms with Crippen LogP contribution in [0.5, 0.6) is 0 Å². The first kappa shape index (κ1) is 26.3. The van der Waals surface area contributed by atoms with Crippen molar-refractivity contribution in [3.8, 4) is 0 Å². The fourth-order valence-corrected chi connectivity index (χ4v) is 11.0. The second kappa shape index (κ2) is 10.7. The summed E-state index contributed by atoms with van der Waals surface area (Å²) in [5.41, 5.74) is 4.21. The second-order valence-electron chi connectivity index (χ2n) is 9.73. The number of hydrogen-bond acceptors (Lipinski definition) is 3. The molecule has 0 saturated heterocycles. The SMILES string of the molecule is Cc1cccc(P(Cc2ccccc2)(OC(=O)CCC(=O)O)(c2cccc(C)c2)c2cccc(C)c2)c1. The third kappa shape index (κ3) is 5.21. The second-order valence-corrected chi connectivity index (χ2v) is 14.2. The number of hydrogen-bond donors (Lipinski definition) is 1. The Balaban J connectivity index is 2.18. The molecule has 0 aliphatic carbocycles. The molecule has 4 nitrogen and oxygen atoms in total. The van der Waals surface area contributed by atoms with Crippen molar-refractivity contribution in [2.75, 3.05) is 0 Å². The number of carbonyl (C=O) groups excluding carboxylic acids is 1. The van der Waals surface area contributed by atoms with Gasteiger partial charge in [0.1, 0.15) is 0 Å². The number of benzene rings is 4. The van der Waals surface area contributed by atoms with Crippen molar-refractivity contribution in [1.82, 2.24) is 0 Å². The van der Waals surface area contributed by atoms with E-state index in [2.05, 4.69) is 48.5 Å². The molecular formula is C32H33O4P. The van der Waals surface area contributed by atoms with Crippen molar-refractivity contribution in [3.05, 3.63) is 125 Å². The molecule has 0 aliphatic heterocycles. The van der Waals surface area contributed by atoms with Crippen LogP contribution in [-0.2, 0) is 20.3 Å². The van der Waals surface area contributed by atoms with Crippen molar-refractivity contribution in [2.24, 2.45) is 0 Å². The summed E-state index contributed by atoms with van der Waals surface area (Å²) in [4.78, 5) is 25.1. The molecule has 190 valence electrons. The van der Waals surface area contributed by atoms with Gasteiger partial charge in [-0.05, 0) is 0 Å². The summed E-state index contributed by atoms with van der Waals surface area (Å²) in [6.07, 6.45) is -0.0286. The van der Waals surface area contributed by atoms with Crippen LogP contribution in [-0.4, -0.2) is 17.0 Å². The first-order valence-electron chi connectivity index (χ1n) is 12.4. The average Bonchev–Trinajstić information content (AvgIpc) is 2.88. The van der Waals surface area contributed by atoms with Crippen LogP contribution < -0.4 is 15.9 Å². The van der Waals surface area contributed by atoms with Crippen LogP contribution in [0, 0.1) is 20.8 Å². The Kier molecular flexibility index (Phi) is 7.61. The van der Waals surface area contributed by atoms with Crippen molar-refractivity contribution in [1.29, 1.82) is 0 Å². The summed E-state index contributed by atoms with van der Waals surface area (Å²) >= 11 is 0. The minimum absolute atomic E-state index is 0.203. The first-order valence-corrected chi connectivity index (χ1v) is 14.8. The molecule has 4 aromatic rings. The molecule has 0 atom stereocenters. The summed E-state index contributed by atoms with van der Waals surface area (Å²) in [5, 5.41) is 12.1. The molecule has 37 heavy (non-hydrogen) atoms. The summed E-state index contributed by atoms with van der Waals surface area (Å²) < 4.78 is 6.93. The van der Waals surface area contributed by atoms with Gasteiger partial charge in [-0.2, -0.15) is 0 Å². The zero-order chi connectivity index (χ0) is 26.5. The molecule has 0 saturated carbocycles. The van der Waals surface area contributed by atoms with Gasteiger partial charge >= 0.3 is 219 Å². The summed E-state index contributed by atoms with van der Waals surface area (Å²) in [7, 11) is 0. The van der Waals surface area contributed by atoms with Crippen LogP contribution in [0.2, 0.25) is 0 Å². The number of carboxylic acids is 1. The van der Waals surface area contributed by atoms with Gasteiger partial charge in [0.15, 0.2) is 0 Å². The third-order valence-corrected chi connectivity index (χ3v) is 12.5. The molecule has 0 amide bonds. The minimum atomic E-state index is -4.02. The van der Waals surface area contributed by atoms with E-state index in [-0.39, 0.29) is 12.8 Å². The van der Waals surface area contributed by atoms with Crippen LogP contribution in [0.4, 0.5) is 0 Å². The Labute approximate surface area is 219 Å². The van der Waals surface area contributed by atoms with Gasteiger partial charge in [0.2, 0.25) is 0 Å². The van der Waals surface area contributed by atoms with Crippen molar-refractivity contribution >= 4 is 34.7 Å². The number of carboxylic acid groups (broad SMARTS) is 1. The summed E-state index contributed by atoms with van der Waals surface area (Å²) in [6.45, 7) is 2.09. The maximum absolute atomic E-state index is 13.7. The number of aliphatic carboxylic acids is 1. The maximum atomic E-state index is 13.7. The van der Waals surface area contributed by atoms with E-state index in [1.165, 1.54) is 0 Å². The van der Waals surface area contributed by atoms with E-state index in [1.54, 1.807) is 0 Å². The Bertz CT molecular complexity index is 1310. The van der Waals surface area contributed by atoms with Gasteiger partial charge in [0, 0.05) is 0 Å². The van der Waals surface area contributed by atoms with Crippen LogP contribution >= 0.6 is 6.83 Å². The van der Waals surface area contributed by atoms with E-state index in [1.807, 2.05) is 75.4 Å². The van der Waals surface area contributed by atoms with Gasteiger partial charge in [-0.15, -0.1) is 0 Å². The van der Waals surface area contributed by atoms with E-state index < -0.39 is 18.8 Å². The summed E-state index contributed by atoms with van der Waals surface area (Å²) in [5.74, 6) is -1.54. The molecule has 0 unspecified atom stereocenters. The Morgan fingerprint density at radius 2 is 1.11 bits per heavy atom. The molecule has 0 radical (unpaired) electrons. The fraction of sp³-hybridized carbons (Fsp3) is 0.188. The topological polar surface area (TPSA) is 63.6 Å². The molecule has 0 fully saturated rings. The van der Waals surface area contributed by atoms with E-state index in [0.29, 0.717) is 6.16 Å². The van der Waals surface area contributed by atoms with E-state index >= 15 is 0 Å². The Hall–Kier alpha value is -3.75. The van der Waals surface area contributed by atoms with Crippen LogP contribution in [0.25, 0.3) is 0 Å². The number of rotatable bonds is 9.